The Morgan fingerprint density at radius 3 is 2.52 bits per heavy atom. The molecule has 1 spiro atoms. The highest BCUT2D eigenvalue weighted by atomic mass is 32.2. The van der Waals surface area contributed by atoms with Crippen molar-refractivity contribution in [3.63, 3.8) is 0 Å². The molecule has 4 N–H and O–H groups in total. The standard InChI is InChI=1S/C53H65N7O10S/c1-33(2)38-8-5-6-9-39(38)40-10-7-11-43(40)59-31-53(32-59)19-22-58(23-20-53)36-12-13-41(45(27-36)70-47-26-35-16-21-54-49(35)56-51(47)68-25-24-67-4)50(61)57-71(65,66)37-28-44(60(63)64)48-46(29-37)69-30-42(55-48)34-14-17-52(3,62)18-15-34/h5-6,8-9,12-13,16,21,26-29,33-34,40,42-43,55,62H,7,10-11,14-15,17-20,22-25,30-32H2,1-4H3,(H,54,56)(H,57,61)/t34?,40-,42+,43-,52?/m0/s1. The van der Waals surface area contributed by atoms with Crippen molar-refractivity contribution in [3.8, 4) is 23.1 Å². The van der Waals surface area contributed by atoms with Crippen LogP contribution in [0.1, 0.15) is 112 Å². The smallest absolute Gasteiger partial charge is 0.297 e. The van der Waals surface area contributed by atoms with Crippen molar-refractivity contribution in [2.75, 3.05) is 63.3 Å². The van der Waals surface area contributed by atoms with Crippen LogP contribution in [0.25, 0.3) is 11.0 Å². The molecule has 5 heterocycles. The quantitative estimate of drug-likeness (QED) is 0.0439. The number of fused-ring (bicyclic) bond motifs is 2. The van der Waals surface area contributed by atoms with Gasteiger partial charge >= 0.3 is 0 Å². The SMILES string of the molecule is COCCOc1nc2[nH]ccc2cc1Oc1cc(N2CCC3(CC2)CN([C@H]2CCC[C@H]2c2ccccc2C(C)C)C3)ccc1C(=O)NS(=O)(=O)c1cc2c(c([N+](=O)[O-])c1)N[C@@H](C1CCC(C)(O)CC1)CO2. The number of aromatic nitrogens is 2. The molecule has 2 saturated heterocycles. The molecule has 18 heteroatoms. The number of hydrogen-bond acceptors (Lipinski definition) is 14. The van der Waals surface area contributed by atoms with Gasteiger partial charge in [0.15, 0.2) is 17.2 Å². The summed E-state index contributed by atoms with van der Waals surface area (Å²) in [5.74, 6) is 0.509. The molecule has 1 amide bonds. The van der Waals surface area contributed by atoms with Gasteiger partial charge in [-0.2, -0.15) is 4.98 Å². The van der Waals surface area contributed by atoms with Crippen LogP contribution >= 0.6 is 0 Å². The zero-order valence-corrected chi connectivity index (χ0v) is 41.8. The van der Waals surface area contributed by atoms with E-state index in [1.165, 1.54) is 36.5 Å². The Hall–Kier alpha value is -5.95. The number of pyridine rings is 1. The van der Waals surface area contributed by atoms with Crippen molar-refractivity contribution in [2.45, 2.75) is 113 Å². The largest absolute Gasteiger partial charge is 0.489 e. The number of carbonyl (C=O) groups excluding carboxylic acids is 1. The first-order valence-electron chi connectivity index (χ1n) is 25.1. The molecular weight excluding hydrogens is 927 g/mol. The van der Waals surface area contributed by atoms with E-state index in [0.29, 0.717) is 49.2 Å². The highest BCUT2D eigenvalue weighted by Gasteiger charge is 2.49. The predicted octanol–water partition coefficient (Wildman–Crippen LogP) is 8.88. The molecule has 3 aromatic carbocycles. The third-order valence-electron chi connectivity index (χ3n) is 15.9. The number of benzene rings is 3. The summed E-state index contributed by atoms with van der Waals surface area (Å²) < 4.78 is 54.2. The zero-order valence-electron chi connectivity index (χ0n) is 40.9. The first-order valence-corrected chi connectivity index (χ1v) is 26.6. The van der Waals surface area contributed by atoms with E-state index in [2.05, 4.69) is 67.9 Å². The molecule has 378 valence electrons. The number of nitro benzene ring substituents is 1. The average molecular weight is 992 g/mol. The van der Waals surface area contributed by atoms with E-state index in [-0.39, 0.29) is 71.6 Å². The van der Waals surface area contributed by atoms with Gasteiger partial charge in [-0.1, -0.05) is 44.5 Å². The maximum absolute atomic E-state index is 14.4. The minimum atomic E-state index is -4.72. The van der Waals surface area contributed by atoms with Crippen molar-refractivity contribution >= 4 is 44.0 Å². The van der Waals surface area contributed by atoms with Crippen molar-refractivity contribution < 1.29 is 42.2 Å². The van der Waals surface area contributed by atoms with Crippen LogP contribution in [0.4, 0.5) is 17.1 Å². The maximum Gasteiger partial charge on any atom is 0.297 e. The molecule has 0 unspecified atom stereocenters. The molecule has 17 nitrogen and oxygen atoms in total. The van der Waals surface area contributed by atoms with Crippen molar-refractivity contribution in [1.82, 2.24) is 19.6 Å². The normalized spacial score (nSPS) is 24.2. The minimum absolute atomic E-state index is 0.0128. The summed E-state index contributed by atoms with van der Waals surface area (Å²) in [6, 6.07) is 20.0. The van der Waals surface area contributed by atoms with Crippen LogP contribution in [0.2, 0.25) is 0 Å². The number of methoxy groups -OCH3 is 1. The first-order chi connectivity index (χ1) is 34.1. The average Bonchev–Trinajstić information content (AvgIpc) is 4.02. The van der Waals surface area contributed by atoms with Gasteiger partial charge in [-0.3, -0.25) is 19.8 Å². The van der Waals surface area contributed by atoms with Gasteiger partial charge in [-0.15, -0.1) is 0 Å². The predicted molar refractivity (Wildman–Crippen MR) is 270 cm³/mol. The highest BCUT2D eigenvalue weighted by Crippen LogP contribution is 2.49. The number of amides is 1. The number of ether oxygens (including phenoxy) is 4. The second-order valence-corrected chi connectivity index (χ2v) is 22.7. The molecule has 3 atom stereocenters. The van der Waals surface area contributed by atoms with Gasteiger partial charge < -0.3 is 39.3 Å². The van der Waals surface area contributed by atoms with Crippen LogP contribution in [0.15, 0.2) is 77.8 Å². The lowest BCUT2D eigenvalue weighted by molar-refractivity contribution is -0.384. The monoisotopic (exact) mass is 991 g/mol. The Labute approximate surface area is 414 Å². The molecule has 71 heavy (non-hydrogen) atoms. The Morgan fingerprint density at radius 1 is 1.00 bits per heavy atom. The Morgan fingerprint density at radius 2 is 1.77 bits per heavy atom. The van der Waals surface area contributed by atoms with Crippen LogP contribution in [0.3, 0.4) is 0 Å². The van der Waals surface area contributed by atoms with Crippen LogP contribution in [0, 0.1) is 21.4 Å². The fraction of sp³-hybridized carbons (Fsp3) is 0.509. The van der Waals surface area contributed by atoms with Gasteiger partial charge in [0.1, 0.15) is 24.6 Å². The molecular formula is C53H65N7O10S. The van der Waals surface area contributed by atoms with E-state index in [1.807, 2.05) is 6.07 Å². The number of anilines is 2. The summed E-state index contributed by atoms with van der Waals surface area (Å²) in [6.07, 6.45) is 10.0. The number of piperidine rings is 1. The van der Waals surface area contributed by atoms with Crippen LogP contribution in [-0.2, 0) is 14.8 Å². The van der Waals surface area contributed by atoms with Crippen molar-refractivity contribution in [2.24, 2.45) is 11.3 Å². The summed E-state index contributed by atoms with van der Waals surface area (Å²) in [4.78, 5) is 38.4. The molecule has 2 aliphatic carbocycles. The molecule has 2 aromatic heterocycles. The number of sulfonamides is 1. The number of likely N-dealkylation sites (tertiary alicyclic amines) is 1. The lowest BCUT2D eigenvalue weighted by Gasteiger charge is -2.57. The number of aromatic amines is 1. The lowest BCUT2D eigenvalue weighted by atomic mass is 9.70. The van der Waals surface area contributed by atoms with E-state index in [4.69, 9.17) is 18.9 Å². The Bertz CT molecular complexity index is 2900. The van der Waals surface area contributed by atoms with E-state index in [0.717, 1.165) is 56.2 Å². The third kappa shape index (κ3) is 10.00. The topological polar surface area (TPSA) is 211 Å². The van der Waals surface area contributed by atoms with Gasteiger partial charge in [0.2, 0.25) is 0 Å². The summed E-state index contributed by atoms with van der Waals surface area (Å²) >= 11 is 0. The fourth-order valence-electron chi connectivity index (χ4n) is 11.9. The van der Waals surface area contributed by atoms with Crippen LogP contribution in [-0.4, -0.2) is 110 Å². The van der Waals surface area contributed by atoms with E-state index >= 15 is 0 Å². The summed E-state index contributed by atoms with van der Waals surface area (Å²) in [7, 11) is -3.16. The van der Waals surface area contributed by atoms with E-state index in [9.17, 15) is 28.4 Å². The summed E-state index contributed by atoms with van der Waals surface area (Å²) in [5.41, 5.74) is 3.28. The number of nitro groups is 1. The zero-order chi connectivity index (χ0) is 49.7. The minimum Gasteiger partial charge on any atom is -0.489 e. The van der Waals surface area contributed by atoms with E-state index < -0.39 is 37.0 Å². The Kier molecular flexibility index (Phi) is 13.4. The Balaban J connectivity index is 0.889. The van der Waals surface area contributed by atoms with Crippen molar-refractivity contribution in [3.05, 3.63) is 99.7 Å². The lowest BCUT2D eigenvalue weighted by Crippen LogP contribution is -2.63. The molecule has 4 fully saturated rings. The van der Waals surface area contributed by atoms with E-state index in [1.54, 1.807) is 44.5 Å². The highest BCUT2D eigenvalue weighted by molar-refractivity contribution is 7.90. The second kappa shape index (κ2) is 19.6. The first kappa shape index (κ1) is 48.7. The van der Waals surface area contributed by atoms with Crippen LogP contribution in [0.5, 0.6) is 23.1 Å². The molecule has 0 radical (unpaired) electrons. The van der Waals surface area contributed by atoms with Gasteiger partial charge in [-0.05, 0) is 117 Å². The fourth-order valence-corrected chi connectivity index (χ4v) is 12.9. The maximum atomic E-state index is 14.4. The number of carbonyl (C=O) groups is 1. The molecule has 5 aromatic rings. The molecule has 5 aliphatic rings. The molecule has 2 saturated carbocycles. The molecule has 3 aliphatic heterocycles. The molecule has 0 bridgehead atoms. The third-order valence-corrected chi connectivity index (χ3v) is 17.2. The summed E-state index contributed by atoms with van der Waals surface area (Å²) in [5, 5.41) is 26.9. The number of nitrogens with zero attached hydrogens (tertiary/aromatic N) is 4. The van der Waals surface area contributed by atoms with Gasteiger partial charge in [0.05, 0.1) is 33.6 Å². The number of H-pyrrole nitrogens is 1. The summed E-state index contributed by atoms with van der Waals surface area (Å²) in [6.45, 7) is 10.7. The number of rotatable bonds is 15. The second-order valence-electron chi connectivity index (χ2n) is 21.0. The van der Waals surface area contributed by atoms with Gasteiger partial charge in [0, 0.05) is 74.8 Å². The van der Waals surface area contributed by atoms with Crippen molar-refractivity contribution in [1.29, 1.82) is 0 Å². The van der Waals surface area contributed by atoms with Crippen LogP contribution < -0.4 is 29.1 Å². The number of hydrogen-bond donors (Lipinski definition) is 4. The van der Waals surface area contributed by atoms with Gasteiger partial charge in [0.25, 0.3) is 27.5 Å². The molecule has 10 rings (SSSR count). The van der Waals surface area contributed by atoms with Gasteiger partial charge in [-0.25, -0.2) is 13.1 Å². The number of nitrogens with one attached hydrogen (secondary N) is 3. The number of aliphatic hydroxyl groups is 1.